The Morgan fingerprint density at radius 2 is 1.79 bits per heavy atom. The van der Waals surface area contributed by atoms with Crippen molar-refractivity contribution in [3.8, 4) is 11.3 Å². The maximum absolute atomic E-state index is 12.3. The van der Waals surface area contributed by atoms with Gasteiger partial charge in [0.15, 0.2) is 5.76 Å². The predicted octanol–water partition coefficient (Wildman–Crippen LogP) is 3.13. The van der Waals surface area contributed by atoms with E-state index < -0.39 is 16.5 Å². The lowest BCUT2D eigenvalue weighted by Crippen LogP contribution is -2.22. The lowest BCUT2D eigenvalue weighted by Gasteiger charge is -2.16. The highest BCUT2D eigenvalue weighted by Gasteiger charge is 2.34. The second-order valence-electron chi connectivity index (χ2n) is 4.87. The number of hydrogen-bond donors (Lipinski definition) is 0. The Morgan fingerprint density at radius 1 is 1.08 bits per heavy atom. The number of para-hydroxylation sites is 1. The average molecular weight is 345 g/mol. The van der Waals surface area contributed by atoms with Crippen LogP contribution >= 0.6 is 11.6 Å². The fourth-order valence-electron chi connectivity index (χ4n) is 2.43. The third-order valence-electron chi connectivity index (χ3n) is 3.54. The predicted molar refractivity (Wildman–Crippen MR) is 84.9 cm³/mol. The number of hydrogen-bond acceptors (Lipinski definition) is 6. The number of halogens is 1. The van der Waals surface area contributed by atoms with E-state index in [9.17, 15) is 19.7 Å². The normalized spacial score (nSPS) is 13.8. The second kappa shape index (κ2) is 5.86. The van der Waals surface area contributed by atoms with Gasteiger partial charge in [-0.3, -0.25) is 19.7 Å². The molecular formula is C16H9ClN2O5. The maximum Gasteiger partial charge on any atom is 0.278 e. The molecule has 7 nitrogen and oxygen atoms in total. The fourth-order valence-corrected chi connectivity index (χ4v) is 2.68. The number of nitrogens with zero attached hydrogens (tertiary/aromatic N) is 2. The van der Waals surface area contributed by atoms with E-state index in [1.54, 1.807) is 6.07 Å². The van der Waals surface area contributed by atoms with Gasteiger partial charge in [0.2, 0.25) is 11.6 Å². The van der Waals surface area contributed by atoms with Crippen molar-refractivity contribution in [2.75, 3.05) is 7.11 Å². The molecule has 24 heavy (non-hydrogen) atoms. The van der Waals surface area contributed by atoms with Crippen molar-refractivity contribution < 1.29 is 19.2 Å². The molecule has 0 unspecified atom stereocenters. The number of ketones is 2. The van der Waals surface area contributed by atoms with Gasteiger partial charge in [-0.2, -0.15) is 0 Å². The van der Waals surface area contributed by atoms with Gasteiger partial charge in [-0.25, -0.2) is 4.98 Å². The van der Waals surface area contributed by atoms with E-state index in [4.69, 9.17) is 16.3 Å². The number of methoxy groups -OCH3 is 1. The molecule has 1 heterocycles. The van der Waals surface area contributed by atoms with Crippen LogP contribution in [0, 0.1) is 10.1 Å². The van der Waals surface area contributed by atoms with Gasteiger partial charge in [-0.05, 0) is 18.2 Å². The van der Waals surface area contributed by atoms with E-state index in [1.165, 1.54) is 37.4 Å². The quantitative estimate of drug-likeness (QED) is 0.626. The smallest absolute Gasteiger partial charge is 0.278 e. The number of allylic oxidation sites excluding steroid dienone is 2. The Bertz CT molecular complexity index is 936. The number of Topliss-reactive ketones (excluding diaryl/α,β-unsaturated/α-hetero) is 2. The zero-order valence-electron chi connectivity index (χ0n) is 12.3. The van der Waals surface area contributed by atoms with Crippen molar-refractivity contribution in [2.45, 2.75) is 0 Å². The highest BCUT2D eigenvalue weighted by Crippen LogP contribution is 2.32. The van der Waals surface area contributed by atoms with Crippen LogP contribution in [0.4, 0.5) is 5.69 Å². The van der Waals surface area contributed by atoms with Gasteiger partial charge in [0.1, 0.15) is 10.7 Å². The van der Waals surface area contributed by atoms with Gasteiger partial charge in [0.25, 0.3) is 5.69 Å². The van der Waals surface area contributed by atoms with Crippen LogP contribution in [0.15, 0.2) is 47.2 Å². The SMILES string of the molecule is COC1=C(Cl)C(=O)c2nc(-c3ccccc3[N+](=O)[O-])ccc2C1=O. The standard InChI is InChI=1S/C16H9ClN2O5/c1-24-16-12(17)15(21)13-9(14(16)20)6-7-10(18-13)8-4-2-3-5-11(8)19(22)23/h2-7H,1H3. The molecule has 0 saturated carbocycles. The van der Waals surface area contributed by atoms with Crippen molar-refractivity contribution >= 4 is 28.9 Å². The maximum atomic E-state index is 12.3. The molecule has 120 valence electrons. The number of pyridine rings is 1. The first-order chi connectivity index (χ1) is 11.5. The van der Waals surface area contributed by atoms with E-state index in [0.29, 0.717) is 0 Å². The van der Waals surface area contributed by atoms with Crippen molar-refractivity contribution in [3.05, 3.63) is 68.6 Å². The Kier molecular flexibility index (Phi) is 3.86. The van der Waals surface area contributed by atoms with Crippen LogP contribution in [0.1, 0.15) is 20.8 Å². The first kappa shape index (κ1) is 15.8. The Morgan fingerprint density at radius 3 is 2.46 bits per heavy atom. The number of fused-ring (bicyclic) bond motifs is 1. The molecule has 1 aromatic heterocycles. The highest BCUT2D eigenvalue weighted by atomic mass is 35.5. The summed E-state index contributed by atoms with van der Waals surface area (Å²) in [5.74, 6) is -1.46. The first-order valence-corrected chi connectivity index (χ1v) is 7.11. The second-order valence-corrected chi connectivity index (χ2v) is 5.25. The summed E-state index contributed by atoms with van der Waals surface area (Å²) < 4.78 is 4.87. The Hall–Kier alpha value is -3.06. The molecule has 2 aromatic rings. The third-order valence-corrected chi connectivity index (χ3v) is 3.88. The van der Waals surface area contributed by atoms with Crippen molar-refractivity contribution in [1.82, 2.24) is 4.98 Å². The summed E-state index contributed by atoms with van der Waals surface area (Å²) in [7, 11) is 1.24. The number of nitro groups is 1. The molecule has 0 atom stereocenters. The van der Waals surface area contributed by atoms with Gasteiger partial charge in [0.05, 0.1) is 28.9 Å². The number of carbonyl (C=O) groups excluding carboxylic acids is 2. The Labute approximate surface area is 140 Å². The van der Waals surface area contributed by atoms with E-state index in [0.717, 1.165) is 0 Å². The first-order valence-electron chi connectivity index (χ1n) is 6.73. The van der Waals surface area contributed by atoms with Crippen LogP contribution in [0.5, 0.6) is 0 Å². The largest absolute Gasteiger partial charge is 0.491 e. The summed E-state index contributed by atoms with van der Waals surface area (Å²) >= 11 is 5.87. The number of ether oxygens (including phenoxy) is 1. The average Bonchev–Trinajstić information content (AvgIpc) is 2.60. The highest BCUT2D eigenvalue weighted by molar-refractivity contribution is 6.49. The molecule has 0 aliphatic heterocycles. The van der Waals surface area contributed by atoms with Gasteiger partial charge in [0, 0.05) is 6.07 Å². The molecule has 3 rings (SSSR count). The fraction of sp³-hybridized carbons (Fsp3) is 0.0625. The van der Waals surface area contributed by atoms with Crippen LogP contribution in [-0.4, -0.2) is 28.6 Å². The molecule has 0 amide bonds. The van der Waals surface area contributed by atoms with Crippen LogP contribution in [0.2, 0.25) is 0 Å². The minimum absolute atomic E-state index is 0.0450. The number of benzene rings is 1. The molecule has 0 spiro atoms. The molecule has 1 aliphatic carbocycles. The van der Waals surface area contributed by atoms with Gasteiger partial charge in [-0.1, -0.05) is 23.7 Å². The molecule has 0 fully saturated rings. The lowest BCUT2D eigenvalue weighted by molar-refractivity contribution is -0.384. The molecule has 1 aliphatic rings. The van der Waals surface area contributed by atoms with E-state index in [2.05, 4.69) is 4.98 Å². The summed E-state index contributed by atoms with van der Waals surface area (Å²) in [4.78, 5) is 39.3. The third kappa shape index (κ3) is 2.35. The molecular weight excluding hydrogens is 336 g/mol. The number of carbonyl (C=O) groups is 2. The minimum atomic E-state index is -0.663. The number of rotatable bonds is 3. The van der Waals surface area contributed by atoms with Crippen molar-refractivity contribution in [2.24, 2.45) is 0 Å². The van der Waals surface area contributed by atoms with Crippen LogP contribution in [0.25, 0.3) is 11.3 Å². The molecule has 8 heteroatoms. The Balaban J connectivity index is 2.19. The summed E-state index contributed by atoms with van der Waals surface area (Å²) in [5, 5.41) is 10.8. The van der Waals surface area contributed by atoms with Crippen molar-refractivity contribution in [3.63, 3.8) is 0 Å². The van der Waals surface area contributed by atoms with Crippen LogP contribution in [-0.2, 0) is 4.74 Å². The van der Waals surface area contributed by atoms with E-state index >= 15 is 0 Å². The number of nitro benzene ring substituents is 1. The molecule has 0 bridgehead atoms. The van der Waals surface area contributed by atoms with Crippen LogP contribution < -0.4 is 0 Å². The van der Waals surface area contributed by atoms with E-state index in [-0.39, 0.29) is 39.0 Å². The van der Waals surface area contributed by atoms with Crippen LogP contribution in [0.3, 0.4) is 0 Å². The van der Waals surface area contributed by atoms with Gasteiger partial charge < -0.3 is 4.74 Å². The van der Waals surface area contributed by atoms with E-state index in [1.807, 2.05) is 0 Å². The minimum Gasteiger partial charge on any atom is -0.491 e. The summed E-state index contributed by atoms with van der Waals surface area (Å²) in [6, 6.07) is 8.82. The summed E-state index contributed by atoms with van der Waals surface area (Å²) in [5.41, 5.74) is 0.180. The zero-order valence-corrected chi connectivity index (χ0v) is 13.0. The van der Waals surface area contributed by atoms with Gasteiger partial charge in [-0.15, -0.1) is 0 Å². The molecule has 0 N–H and O–H groups in total. The molecule has 0 saturated heterocycles. The summed E-state index contributed by atoms with van der Waals surface area (Å²) in [6.07, 6.45) is 0. The lowest BCUT2D eigenvalue weighted by atomic mass is 9.96. The molecule has 0 radical (unpaired) electrons. The number of aromatic nitrogens is 1. The zero-order chi connectivity index (χ0) is 17.4. The van der Waals surface area contributed by atoms with Crippen molar-refractivity contribution in [1.29, 1.82) is 0 Å². The topological polar surface area (TPSA) is 99.4 Å². The summed E-state index contributed by atoms with van der Waals surface area (Å²) in [6.45, 7) is 0. The molecule has 1 aromatic carbocycles. The van der Waals surface area contributed by atoms with Gasteiger partial charge >= 0.3 is 0 Å². The monoisotopic (exact) mass is 344 g/mol.